The van der Waals surface area contributed by atoms with E-state index in [1.165, 1.54) is 0 Å². The number of amides is 1. The van der Waals surface area contributed by atoms with Crippen molar-refractivity contribution in [3.63, 3.8) is 0 Å². The molecule has 20 heavy (non-hydrogen) atoms. The molecule has 2 aromatic carbocycles. The van der Waals surface area contributed by atoms with Crippen molar-refractivity contribution in [2.24, 2.45) is 0 Å². The lowest BCUT2D eigenvalue weighted by molar-refractivity contribution is 0.102. The number of rotatable bonds is 2. The third kappa shape index (κ3) is 2.61. The minimum absolute atomic E-state index is 0.142. The van der Waals surface area contributed by atoms with Gasteiger partial charge in [-0.25, -0.2) is 8.78 Å². The van der Waals surface area contributed by atoms with E-state index in [-0.39, 0.29) is 11.4 Å². The van der Waals surface area contributed by atoms with E-state index < -0.39 is 17.5 Å². The first-order valence-corrected chi connectivity index (χ1v) is 6.02. The van der Waals surface area contributed by atoms with Gasteiger partial charge in [0.05, 0.1) is 11.4 Å². The zero-order valence-electron chi connectivity index (χ0n) is 11.1. The number of carbonyl (C=O) groups excluding carboxylic acids is 1. The lowest BCUT2D eigenvalue weighted by atomic mass is 10.0. The SMILES string of the molecule is Cc1cccc(C)c1C(=O)Nc1cc(N)c(F)cc1F. The van der Waals surface area contributed by atoms with Crippen LogP contribution in [0.4, 0.5) is 20.2 Å². The number of nitrogens with two attached hydrogens (primary N) is 1. The molecule has 0 radical (unpaired) electrons. The zero-order valence-corrected chi connectivity index (χ0v) is 11.1. The summed E-state index contributed by atoms with van der Waals surface area (Å²) in [6.45, 7) is 3.58. The summed E-state index contributed by atoms with van der Waals surface area (Å²) in [5.74, 6) is -2.17. The van der Waals surface area contributed by atoms with E-state index in [0.29, 0.717) is 11.6 Å². The van der Waals surface area contributed by atoms with Gasteiger partial charge in [0, 0.05) is 11.6 Å². The number of hydrogen-bond donors (Lipinski definition) is 2. The van der Waals surface area contributed by atoms with Crippen LogP contribution in [0.2, 0.25) is 0 Å². The number of benzene rings is 2. The minimum Gasteiger partial charge on any atom is -0.396 e. The summed E-state index contributed by atoms with van der Waals surface area (Å²) in [5.41, 5.74) is 7.03. The highest BCUT2D eigenvalue weighted by atomic mass is 19.1. The first kappa shape index (κ1) is 14.0. The molecule has 0 aliphatic heterocycles. The normalized spacial score (nSPS) is 10.4. The van der Waals surface area contributed by atoms with Crippen LogP contribution >= 0.6 is 0 Å². The molecule has 0 saturated carbocycles. The average Bonchev–Trinajstić information content (AvgIpc) is 2.35. The van der Waals surface area contributed by atoms with Gasteiger partial charge in [-0.1, -0.05) is 18.2 Å². The van der Waals surface area contributed by atoms with Crippen molar-refractivity contribution < 1.29 is 13.6 Å². The molecular weight excluding hydrogens is 262 g/mol. The van der Waals surface area contributed by atoms with Gasteiger partial charge in [-0.05, 0) is 31.0 Å². The Bertz CT molecular complexity index is 664. The summed E-state index contributed by atoms with van der Waals surface area (Å²) in [7, 11) is 0. The smallest absolute Gasteiger partial charge is 0.256 e. The van der Waals surface area contributed by atoms with Crippen molar-refractivity contribution in [3.05, 3.63) is 58.7 Å². The number of carbonyl (C=O) groups is 1. The van der Waals surface area contributed by atoms with E-state index in [2.05, 4.69) is 5.32 Å². The second-order valence-corrected chi connectivity index (χ2v) is 4.57. The fourth-order valence-electron chi connectivity index (χ4n) is 2.02. The summed E-state index contributed by atoms with van der Waals surface area (Å²) in [4.78, 5) is 12.2. The molecule has 104 valence electrons. The lowest BCUT2D eigenvalue weighted by Gasteiger charge is -2.11. The maximum absolute atomic E-state index is 13.6. The molecule has 0 saturated heterocycles. The minimum atomic E-state index is -0.865. The number of hydrogen-bond acceptors (Lipinski definition) is 2. The van der Waals surface area contributed by atoms with Gasteiger partial charge < -0.3 is 11.1 Å². The first-order valence-electron chi connectivity index (χ1n) is 6.02. The quantitative estimate of drug-likeness (QED) is 0.826. The molecule has 2 aromatic rings. The van der Waals surface area contributed by atoms with Gasteiger partial charge in [-0.3, -0.25) is 4.79 Å². The van der Waals surface area contributed by atoms with E-state index >= 15 is 0 Å². The van der Waals surface area contributed by atoms with Crippen LogP contribution < -0.4 is 11.1 Å². The van der Waals surface area contributed by atoms with Gasteiger partial charge in [0.25, 0.3) is 5.91 Å². The Morgan fingerprint density at radius 3 is 2.30 bits per heavy atom. The summed E-state index contributed by atoms with van der Waals surface area (Å²) >= 11 is 0. The van der Waals surface area contributed by atoms with Crippen LogP contribution in [0.15, 0.2) is 30.3 Å². The third-order valence-corrected chi connectivity index (χ3v) is 3.04. The highest BCUT2D eigenvalue weighted by Gasteiger charge is 2.15. The first-order chi connectivity index (χ1) is 9.40. The second-order valence-electron chi connectivity index (χ2n) is 4.57. The molecule has 0 aliphatic rings. The van der Waals surface area contributed by atoms with Crippen molar-refractivity contribution in [2.75, 3.05) is 11.1 Å². The number of nitrogens with one attached hydrogen (secondary N) is 1. The Kier molecular flexibility index (Phi) is 3.70. The predicted molar refractivity (Wildman–Crippen MR) is 74.6 cm³/mol. The maximum Gasteiger partial charge on any atom is 0.256 e. The molecule has 0 spiro atoms. The second kappa shape index (κ2) is 5.28. The van der Waals surface area contributed by atoms with Crippen LogP contribution in [0.3, 0.4) is 0 Å². The molecular formula is C15H14F2N2O. The molecule has 3 N–H and O–H groups in total. The van der Waals surface area contributed by atoms with Crippen LogP contribution in [0.25, 0.3) is 0 Å². The van der Waals surface area contributed by atoms with E-state index in [1.807, 2.05) is 6.07 Å². The monoisotopic (exact) mass is 276 g/mol. The van der Waals surface area contributed by atoms with E-state index in [9.17, 15) is 13.6 Å². The Hall–Kier alpha value is -2.43. The van der Waals surface area contributed by atoms with Gasteiger partial charge in [0.1, 0.15) is 11.6 Å². The molecule has 0 atom stereocenters. The number of halogens is 2. The fourth-order valence-corrected chi connectivity index (χ4v) is 2.02. The zero-order chi connectivity index (χ0) is 14.9. The number of anilines is 2. The molecule has 0 aliphatic carbocycles. The Morgan fingerprint density at radius 2 is 1.70 bits per heavy atom. The topological polar surface area (TPSA) is 55.1 Å². The van der Waals surface area contributed by atoms with Gasteiger partial charge in [0.2, 0.25) is 0 Å². The van der Waals surface area contributed by atoms with Crippen molar-refractivity contribution in [1.29, 1.82) is 0 Å². The summed E-state index contributed by atoms with van der Waals surface area (Å²) in [6.07, 6.45) is 0. The highest BCUT2D eigenvalue weighted by molar-refractivity contribution is 6.06. The molecule has 0 aromatic heterocycles. The van der Waals surface area contributed by atoms with Crippen molar-refractivity contribution in [3.8, 4) is 0 Å². The third-order valence-electron chi connectivity index (χ3n) is 3.04. The Balaban J connectivity index is 2.35. The largest absolute Gasteiger partial charge is 0.396 e. The van der Waals surface area contributed by atoms with Crippen LogP contribution in [0, 0.1) is 25.5 Å². The van der Waals surface area contributed by atoms with Crippen LogP contribution in [-0.4, -0.2) is 5.91 Å². The molecule has 2 rings (SSSR count). The molecule has 5 heteroatoms. The van der Waals surface area contributed by atoms with Crippen LogP contribution in [-0.2, 0) is 0 Å². The number of aryl methyl sites for hydroxylation is 2. The predicted octanol–water partition coefficient (Wildman–Crippen LogP) is 3.42. The molecule has 0 unspecified atom stereocenters. The van der Waals surface area contributed by atoms with E-state index in [4.69, 9.17) is 5.73 Å². The Labute approximate surface area is 115 Å². The summed E-state index contributed by atoms with van der Waals surface area (Å²) < 4.78 is 26.7. The van der Waals surface area contributed by atoms with Gasteiger partial charge in [0.15, 0.2) is 0 Å². The molecule has 3 nitrogen and oxygen atoms in total. The van der Waals surface area contributed by atoms with E-state index in [1.54, 1.807) is 26.0 Å². The highest BCUT2D eigenvalue weighted by Crippen LogP contribution is 2.22. The van der Waals surface area contributed by atoms with Crippen molar-refractivity contribution >= 4 is 17.3 Å². The average molecular weight is 276 g/mol. The fraction of sp³-hybridized carbons (Fsp3) is 0.133. The summed E-state index contributed by atoms with van der Waals surface area (Å²) in [6, 6.07) is 7.12. The van der Waals surface area contributed by atoms with Gasteiger partial charge in [-0.2, -0.15) is 0 Å². The van der Waals surface area contributed by atoms with E-state index in [0.717, 1.165) is 17.2 Å². The Morgan fingerprint density at radius 1 is 1.10 bits per heavy atom. The summed E-state index contributed by atoms with van der Waals surface area (Å²) in [5, 5.41) is 2.42. The maximum atomic E-state index is 13.6. The molecule has 1 amide bonds. The van der Waals surface area contributed by atoms with Crippen molar-refractivity contribution in [2.45, 2.75) is 13.8 Å². The molecule has 0 bridgehead atoms. The number of nitrogen functional groups attached to an aromatic ring is 1. The van der Waals surface area contributed by atoms with Crippen molar-refractivity contribution in [1.82, 2.24) is 0 Å². The van der Waals surface area contributed by atoms with Gasteiger partial charge >= 0.3 is 0 Å². The van der Waals surface area contributed by atoms with Crippen LogP contribution in [0.1, 0.15) is 21.5 Å². The van der Waals surface area contributed by atoms with Gasteiger partial charge in [-0.15, -0.1) is 0 Å². The lowest BCUT2D eigenvalue weighted by Crippen LogP contribution is -2.16. The molecule has 0 heterocycles. The van der Waals surface area contributed by atoms with Crippen LogP contribution in [0.5, 0.6) is 0 Å². The molecule has 0 fully saturated rings. The standard InChI is InChI=1S/C15H14F2N2O/c1-8-4-3-5-9(2)14(8)15(20)19-13-7-12(18)10(16)6-11(13)17/h3-7H,18H2,1-2H3,(H,19,20).